The first-order valence-electron chi connectivity index (χ1n) is 4.60. The minimum absolute atomic E-state index is 0.722. The molecule has 0 saturated heterocycles. The molecule has 0 radical (unpaired) electrons. The first kappa shape index (κ1) is 11.0. The van der Waals surface area contributed by atoms with E-state index in [0.717, 1.165) is 32.1 Å². The van der Waals surface area contributed by atoms with Gasteiger partial charge in [-0.05, 0) is 36.4 Å². The summed E-state index contributed by atoms with van der Waals surface area (Å²) in [6, 6.07) is 7.39. The molecule has 0 N–H and O–H groups in total. The van der Waals surface area contributed by atoms with Gasteiger partial charge in [-0.25, -0.2) is 0 Å². The molecule has 2 nitrogen and oxygen atoms in total. The highest BCUT2D eigenvalue weighted by Gasteiger charge is 1.97. The summed E-state index contributed by atoms with van der Waals surface area (Å²) >= 11 is 2.89. The molecule has 0 amide bonds. The summed E-state index contributed by atoms with van der Waals surface area (Å²) in [5.41, 5.74) is 0. The second-order valence-corrected chi connectivity index (χ2v) is 5.34. The number of carbonyl (C=O) groups is 2. The van der Waals surface area contributed by atoms with Gasteiger partial charge >= 0.3 is 0 Å². The van der Waals surface area contributed by atoms with Gasteiger partial charge in [0.15, 0.2) is 12.6 Å². The number of rotatable bonds is 4. The molecule has 0 aliphatic rings. The first-order chi connectivity index (χ1) is 7.81. The van der Waals surface area contributed by atoms with Crippen LogP contribution in [-0.4, -0.2) is 12.6 Å². The molecule has 2 aromatic rings. The predicted molar refractivity (Wildman–Crippen MR) is 68.3 cm³/mol. The third-order valence-corrected chi connectivity index (χ3v) is 3.89. The number of aldehydes is 2. The van der Waals surface area contributed by atoms with Gasteiger partial charge in [0.1, 0.15) is 0 Å². The van der Waals surface area contributed by atoms with E-state index in [4.69, 9.17) is 0 Å². The van der Waals surface area contributed by atoms with Gasteiger partial charge in [0.25, 0.3) is 0 Å². The van der Waals surface area contributed by atoms with Crippen molar-refractivity contribution >= 4 is 47.4 Å². The van der Waals surface area contributed by atoms with Crippen molar-refractivity contribution in [2.45, 2.75) is 0 Å². The SMILES string of the molecule is O=Cc1ccc(/C=C/c2ccc(C=O)s2)s1. The zero-order chi connectivity index (χ0) is 11.4. The molecule has 16 heavy (non-hydrogen) atoms. The molecule has 2 aromatic heterocycles. The lowest BCUT2D eigenvalue weighted by Gasteiger charge is -1.83. The van der Waals surface area contributed by atoms with Crippen LogP contribution in [0.4, 0.5) is 0 Å². The minimum Gasteiger partial charge on any atom is -0.297 e. The lowest BCUT2D eigenvalue weighted by Crippen LogP contribution is -1.62. The van der Waals surface area contributed by atoms with Gasteiger partial charge in [-0.2, -0.15) is 0 Å². The molecule has 0 saturated carbocycles. The van der Waals surface area contributed by atoms with Gasteiger partial charge in [-0.15, -0.1) is 22.7 Å². The topological polar surface area (TPSA) is 34.1 Å². The fourth-order valence-corrected chi connectivity index (χ4v) is 2.66. The number of carbonyl (C=O) groups excluding carboxylic acids is 2. The molecule has 0 aromatic carbocycles. The molecule has 0 aliphatic heterocycles. The molecule has 0 atom stereocenters. The Morgan fingerprint density at radius 2 is 1.06 bits per heavy atom. The van der Waals surface area contributed by atoms with Crippen LogP contribution in [-0.2, 0) is 0 Å². The lowest BCUT2D eigenvalue weighted by molar-refractivity contribution is 0.111. The van der Waals surface area contributed by atoms with Crippen LogP contribution < -0.4 is 0 Å². The van der Waals surface area contributed by atoms with E-state index in [1.165, 1.54) is 22.7 Å². The fourth-order valence-electron chi connectivity index (χ4n) is 1.21. The quantitative estimate of drug-likeness (QED) is 0.775. The second-order valence-electron chi connectivity index (χ2n) is 3.05. The molecule has 4 heteroatoms. The highest BCUT2D eigenvalue weighted by atomic mass is 32.1. The molecule has 80 valence electrons. The normalized spacial score (nSPS) is 10.8. The average Bonchev–Trinajstić information content (AvgIpc) is 2.95. The molecule has 0 aliphatic carbocycles. The summed E-state index contributed by atoms with van der Waals surface area (Å²) in [5, 5.41) is 0. The number of thiophene rings is 2. The van der Waals surface area contributed by atoms with Crippen molar-refractivity contribution in [3.63, 3.8) is 0 Å². The van der Waals surface area contributed by atoms with Gasteiger partial charge in [0.2, 0.25) is 0 Å². The number of hydrogen-bond acceptors (Lipinski definition) is 4. The Hall–Kier alpha value is -1.52. The molecule has 0 spiro atoms. The zero-order valence-corrected chi connectivity index (χ0v) is 9.88. The smallest absolute Gasteiger partial charge is 0.160 e. The van der Waals surface area contributed by atoms with E-state index >= 15 is 0 Å². The Balaban J connectivity index is 2.13. The standard InChI is InChI=1S/C12H8O2S2/c13-7-11-5-3-9(15-11)1-2-10-4-6-12(8-14)16-10/h1-8H/b2-1+. The second kappa shape index (κ2) is 5.01. The van der Waals surface area contributed by atoms with Crippen LogP contribution in [0, 0.1) is 0 Å². The van der Waals surface area contributed by atoms with Crippen LogP contribution in [0.5, 0.6) is 0 Å². The molecule has 0 unspecified atom stereocenters. The van der Waals surface area contributed by atoms with Gasteiger partial charge in [0.05, 0.1) is 9.75 Å². The van der Waals surface area contributed by atoms with E-state index in [1.807, 2.05) is 24.3 Å². The molecular weight excluding hydrogens is 240 g/mol. The van der Waals surface area contributed by atoms with E-state index in [9.17, 15) is 9.59 Å². The van der Waals surface area contributed by atoms with Crippen molar-refractivity contribution in [1.29, 1.82) is 0 Å². The van der Waals surface area contributed by atoms with Crippen molar-refractivity contribution in [2.24, 2.45) is 0 Å². The largest absolute Gasteiger partial charge is 0.297 e. The van der Waals surface area contributed by atoms with E-state index < -0.39 is 0 Å². The Morgan fingerprint density at radius 3 is 1.38 bits per heavy atom. The van der Waals surface area contributed by atoms with Crippen LogP contribution in [0.1, 0.15) is 29.1 Å². The molecule has 0 fully saturated rings. The van der Waals surface area contributed by atoms with Gasteiger partial charge in [0, 0.05) is 9.75 Å². The van der Waals surface area contributed by atoms with Gasteiger partial charge in [-0.3, -0.25) is 9.59 Å². The summed E-state index contributed by atoms with van der Waals surface area (Å²) in [6.45, 7) is 0. The lowest BCUT2D eigenvalue weighted by atomic mass is 10.3. The fraction of sp³-hybridized carbons (Fsp3) is 0. The van der Waals surface area contributed by atoms with Crippen molar-refractivity contribution in [3.8, 4) is 0 Å². The Bertz CT molecular complexity index is 486. The van der Waals surface area contributed by atoms with Crippen molar-refractivity contribution in [3.05, 3.63) is 43.8 Å². The number of hydrogen-bond donors (Lipinski definition) is 0. The van der Waals surface area contributed by atoms with E-state index in [2.05, 4.69) is 0 Å². The highest BCUT2D eigenvalue weighted by molar-refractivity contribution is 7.15. The molecule has 0 bridgehead atoms. The third-order valence-electron chi connectivity index (χ3n) is 1.94. The Kier molecular flexibility index (Phi) is 3.44. The Morgan fingerprint density at radius 1 is 0.688 bits per heavy atom. The van der Waals surface area contributed by atoms with E-state index in [0.29, 0.717) is 0 Å². The summed E-state index contributed by atoms with van der Waals surface area (Å²) in [7, 11) is 0. The monoisotopic (exact) mass is 248 g/mol. The maximum Gasteiger partial charge on any atom is 0.160 e. The summed E-state index contributed by atoms with van der Waals surface area (Å²) < 4.78 is 0. The van der Waals surface area contributed by atoms with Gasteiger partial charge in [-0.1, -0.05) is 0 Å². The van der Waals surface area contributed by atoms with Crippen LogP contribution in [0.3, 0.4) is 0 Å². The minimum atomic E-state index is 0.722. The van der Waals surface area contributed by atoms with Crippen LogP contribution in [0.2, 0.25) is 0 Å². The predicted octanol–water partition coefficient (Wildman–Crippen LogP) is 3.61. The highest BCUT2D eigenvalue weighted by Crippen LogP contribution is 2.20. The molecule has 2 rings (SSSR count). The Labute approximate surface area is 101 Å². The van der Waals surface area contributed by atoms with Crippen molar-refractivity contribution in [1.82, 2.24) is 0 Å². The van der Waals surface area contributed by atoms with Crippen LogP contribution in [0.25, 0.3) is 12.2 Å². The zero-order valence-electron chi connectivity index (χ0n) is 8.25. The maximum absolute atomic E-state index is 10.5. The van der Waals surface area contributed by atoms with E-state index in [-0.39, 0.29) is 0 Å². The molecular formula is C12H8O2S2. The van der Waals surface area contributed by atoms with E-state index in [1.54, 1.807) is 12.1 Å². The van der Waals surface area contributed by atoms with Gasteiger partial charge < -0.3 is 0 Å². The maximum atomic E-state index is 10.5. The average molecular weight is 248 g/mol. The summed E-state index contributed by atoms with van der Waals surface area (Å²) in [4.78, 5) is 24.5. The summed E-state index contributed by atoms with van der Waals surface area (Å²) in [6.07, 6.45) is 5.57. The van der Waals surface area contributed by atoms with Crippen molar-refractivity contribution < 1.29 is 9.59 Å². The first-order valence-corrected chi connectivity index (χ1v) is 6.23. The van der Waals surface area contributed by atoms with Crippen molar-refractivity contribution in [2.75, 3.05) is 0 Å². The van der Waals surface area contributed by atoms with Crippen LogP contribution >= 0.6 is 22.7 Å². The third kappa shape index (κ3) is 2.53. The molecule has 2 heterocycles. The van der Waals surface area contributed by atoms with Crippen LogP contribution in [0.15, 0.2) is 24.3 Å². The summed E-state index contributed by atoms with van der Waals surface area (Å²) in [5.74, 6) is 0.